The van der Waals surface area contributed by atoms with Gasteiger partial charge < -0.3 is 4.57 Å². The Labute approximate surface area is 280 Å². The van der Waals surface area contributed by atoms with Crippen molar-refractivity contribution in [2.24, 2.45) is 0 Å². The Morgan fingerprint density at radius 1 is 0.417 bits per heavy atom. The van der Waals surface area contributed by atoms with Crippen molar-refractivity contribution in [2.45, 2.75) is 0 Å². The molecule has 1 heterocycles. The van der Waals surface area contributed by atoms with E-state index in [1.807, 2.05) is 42.5 Å². The molecule has 0 N–H and O–H groups in total. The molecule has 224 valence electrons. The van der Waals surface area contributed by atoms with E-state index in [-0.39, 0.29) is 0 Å². The molecule has 0 spiro atoms. The summed E-state index contributed by atoms with van der Waals surface area (Å²) in [5, 5.41) is 27.0. The monoisotopic (exact) mass is 627 g/mol. The van der Waals surface area contributed by atoms with Gasteiger partial charge in [-0.15, -0.1) is 0 Å². The van der Waals surface area contributed by atoms with Crippen molar-refractivity contribution in [1.82, 2.24) is 4.57 Å². The molecule has 8 aromatic rings. The summed E-state index contributed by atoms with van der Waals surface area (Å²) in [5.74, 6) is 0. The number of nitrogens with zero attached hydrogens (tertiary/aromatic N) is 3. The minimum Gasteiger partial charge on any atom is -0.309 e. The summed E-state index contributed by atoms with van der Waals surface area (Å²) in [6.07, 6.45) is 0. The third-order valence-corrected chi connectivity index (χ3v) is 14.2. The molecular formula is C44H29N3Si. The van der Waals surface area contributed by atoms with Gasteiger partial charge >= 0.3 is 0 Å². The topological polar surface area (TPSA) is 52.5 Å². The predicted octanol–water partition coefficient (Wildman–Crippen LogP) is 7.57. The van der Waals surface area contributed by atoms with E-state index in [2.05, 4.69) is 150 Å². The molecule has 0 fully saturated rings. The molecule has 0 saturated carbocycles. The molecule has 8 rings (SSSR count). The first-order valence-electron chi connectivity index (χ1n) is 16.0. The van der Waals surface area contributed by atoms with Crippen LogP contribution in [0.3, 0.4) is 0 Å². The highest BCUT2D eigenvalue weighted by Gasteiger charge is 2.41. The summed E-state index contributed by atoms with van der Waals surface area (Å²) in [6, 6.07) is 66.5. The fourth-order valence-electron chi connectivity index (χ4n) is 7.30. The third kappa shape index (κ3) is 4.64. The predicted molar refractivity (Wildman–Crippen MR) is 199 cm³/mol. The third-order valence-electron chi connectivity index (χ3n) is 9.42. The maximum atomic E-state index is 9.98. The number of benzene rings is 7. The van der Waals surface area contributed by atoms with Crippen LogP contribution in [0.4, 0.5) is 0 Å². The summed E-state index contributed by atoms with van der Waals surface area (Å²) in [4.78, 5) is 0. The lowest BCUT2D eigenvalue weighted by molar-refractivity contribution is 1.18. The number of nitriles is 2. The first-order chi connectivity index (χ1) is 23.7. The number of rotatable bonds is 6. The van der Waals surface area contributed by atoms with Gasteiger partial charge in [-0.1, -0.05) is 140 Å². The van der Waals surface area contributed by atoms with Gasteiger partial charge in [0.15, 0.2) is 8.07 Å². The molecule has 0 radical (unpaired) electrons. The van der Waals surface area contributed by atoms with Crippen LogP contribution in [0, 0.1) is 22.7 Å². The highest BCUT2D eigenvalue weighted by Crippen LogP contribution is 2.37. The van der Waals surface area contributed by atoms with Crippen molar-refractivity contribution in [3.8, 4) is 29.0 Å². The fraction of sp³-hybridized carbons (Fsp3) is 0. The molecule has 0 bridgehead atoms. The van der Waals surface area contributed by atoms with Crippen LogP contribution < -0.4 is 20.7 Å². The second-order valence-electron chi connectivity index (χ2n) is 12.0. The van der Waals surface area contributed by atoms with Gasteiger partial charge in [-0.2, -0.15) is 10.5 Å². The Morgan fingerprint density at radius 3 is 1.48 bits per heavy atom. The Bertz CT molecular complexity index is 2410. The SMILES string of the molecule is N#Cc1ccc(-c2ccc([Si](c3ccccc3)(c3ccccc3)c3ccccc3)cc2)c(-n2c3ccccc3c3cc(C#N)ccc32)c1. The minimum absolute atomic E-state index is 0.591. The summed E-state index contributed by atoms with van der Waals surface area (Å²) in [7, 11) is -2.66. The van der Waals surface area contributed by atoms with E-state index in [1.165, 1.54) is 20.7 Å². The molecule has 3 nitrogen and oxygen atoms in total. The average Bonchev–Trinajstić information content (AvgIpc) is 3.50. The molecule has 0 saturated heterocycles. The molecule has 48 heavy (non-hydrogen) atoms. The van der Waals surface area contributed by atoms with Gasteiger partial charge in [0.05, 0.1) is 40.0 Å². The molecule has 0 unspecified atom stereocenters. The maximum absolute atomic E-state index is 9.98. The summed E-state index contributed by atoms with van der Waals surface area (Å²) < 4.78 is 2.23. The smallest absolute Gasteiger partial charge is 0.179 e. The van der Waals surface area contributed by atoms with Crippen LogP contribution in [0.25, 0.3) is 38.6 Å². The van der Waals surface area contributed by atoms with Gasteiger partial charge in [0.1, 0.15) is 0 Å². The molecule has 0 amide bonds. The first-order valence-corrected chi connectivity index (χ1v) is 18.0. The highest BCUT2D eigenvalue weighted by molar-refractivity contribution is 7.19. The van der Waals surface area contributed by atoms with Crippen molar-refractivity contribution >= 4 is 50.6 Å². The molecule has 0 atom stereocenters. The van der Waals surface area contributed by atoms with Gasteiger partial charge in [-0.05, 0) is 62.7 Å². The molecule has 0 aliphatic heterocycles. The van der Waals surface area contributed by atoms with E-state index in [4.69, 9.17) is 0 Å². The molecule has 1 aromatic heterocycles. The van der Waals surface area contributed by atoms with Crippen LogP contribution in [-0.4, -0.2) is 12.6 Å². The minimum atomic E-state index is -2.66. The zero-order valence-corrected chi connectivity index (χ0v) is 27.1. The molecular weight excluding hydrogens is 599 g/mol. The largest absolute Gasteiger partial charge is 0.309 e. The van der Waals surface area contributed by atoms with Crippen LogP contribution >= 0.6 is 0 Å². The Balaban J connectivity index is 1.36. The van der Waals surface area contributed by atoms with E-state index in [9.17, 15) is 10.5 Å². The zero-order valence-electron chi connectivity index (χ0n) is 26.1. The Morgan fingerprint density at radius 2 is 0.896 bits per heavy atom. The zero-order chi connectivity index (χ0) is 32.5. The number of aromatic nitrogens is 1. The highest BCUT2D eigenvalue weighted by atomic mass is 28.3. The van der Waals surface area contributed by atoms with Gasteiger partial charge in [0, 0.05) is 16.3 Å². The first kappa shape index (κ1) is 29.0. The number of hydrogen-bond acceptors (Lipinski definition) is 2. The summed E-state index contributed by atoms with van der Waals surface area (Å²) in [6.45, 7) is 0. The number of para-hydroxylation sites is 1. The second kappa shape index (κ2) is 12.0. The number of fused-ring (bicyclic) bond motifs is 3. The van der Waals surface area contributed by atoms with E-state index < -0.39 is 8.07 Å². The summed E-state index contributed by atoms with van der Waals surface area (Å²) in [5.41, 5.74) is 6.25. The van der Waals surface area contributed by atoms with E-state index >= 15 is 0 Å². The standard InChI is InChI=1S/C44H29N3Si/c45-30-32-21-27-43-41(28-32)40-18-10-11-19-42(40)47(43)44-29-33(31-46)20-26-39(44)34-22-24-38(25-23-34)48(35-12-4-1-5-13-35,36-14-6-2-7-15-36)37-16-8-3-9-17-37/h1-29H. The molecule has 4 heteroatoms. The van der Waals surface area contributed by atoms with Crippen LogP contribution in [-0.2, 0) is 0 Å². The molecule has 0 aliphatic carbocycles. The average molecular weight is 628 g/mol. The van der Waals surface area contributed by atoms with Crippen molar-refractivity contribution in [2.75, 3.05) is 0 Å². The quantitative estimate of drug-likeness (QED) is 0.141. The number of hydrogen-bond donors (Lipinski definition) is 0. The van der Waals surface area contributed by atoms with Gasteiger partial charge in [0.2, 0.25) is 0 Å². The lowest BCUT2D eigenvalue weighted by Gasteiger charge is -2.34. The van der Waals surface area contributed by atoms with E-state index in [0.29, 0.717) is 11.1 Å². The van der Waals surface area contributed by atoms with Crippen molar-refractivity contribution in [3.05, 3.63) is 187 Å². The van der Waals surface area contributed by atoms with E-state index in [1.54, 1.807) is 0 Å². The van der Waals surface area contributed by atoms with Crippen LogP contribution in [0.2, 0.25) is 0 Å². The second-order valence-corrected chi connectivity index (χ2v) is 15.8. The van der Waals surface area contributed by atoms with Crippen LogP contribution in [0.5, 0.6) is 0 Å². The van der Waals surface area contributed by atoms with Crippen molar-refractivity contribution in [3.63, 3.8) is 0 Å². The summed E-state index contributed by atoms with van der Waals surface area (Å²) >= 11 is 0. The molecule has 0 aliphatic rings. The van der Waals surface area contributed by atoms with Crippen LogP contribution in [0.15, 0.2) is 176 Å². The van der Waals surface area contributed by atoms with Crippen molar-refractivity contribution < 1.29 is 0 Å². The van der Waals surface area contributed by atoms with Gasteiger partial charge in [0.25, 0.3) is 0 Å². The van der Waals surface area contributed by atoms with Crippen molar-refractivity contribution in [1.29, 1.82) is 10.5 Å². The fourth-order valence-corrected chi connectivity index (χ4v) is 12.0. The van der Waals surface area contributed by atoms with Gasteiger partial charge in [-0.3, -0.25) is 0 Å². The van der Waals surface area contributed by atoms with E-state index in [0.717, 1.165) is 38.6 Å². The molecule has 7 aromatic carbocycles. The normalized spacial score (nSPS) is 11.3. The Hall–Kier alpha value is -6.46. The maximum Gasteiger partial charge on any atom is 0.179 e. The lowest BCUT2D eigenvalue weighted by Crippen LogP contribution is -2.74. The Kier molecular flexibility index (Phi) is 7.27. The van der Waals surface area contributed by atoms with Gasteiger partial charge in [-0.25, -0.2) is 0 Å². The van der Waals surface area contributed by atoms with Crippen LogP contribution in [0.1, 0.15) is 11.1 Å². The lowest BCUT2D eigenvalue weighted by atomic mass is 10.0.